The van der Waals surface area contributed by atoms with Gasteiger partial charge in [-0.25, -0.2) is 15.0 Å². The minimum absolute atomic E-state index is 0.334. The van der Waals surface area contributed by atoms with Crippen LogP contribution in [0, 0.1) is 11.8 Å². The number of allylic oxidation sites excluding steroid dienone is 4. The average molecular weight is 653 g/mol. The van der Waals surface area contributed by atoms with Gasteiger partial charge in [0.1, 0.15) is 0 Å². The summed E-state index contributed by atoms with van der Waals surface area (Å²) in [5, 5.41) is 6.24. The lowest BCUT2D eigenvalue weighted by atomic mass is 9.85. The molecule has 2 unspecified atom stereocenters. The topological polar surface area (TPSA) is 43.6 Å². The Morgan fingerprint density at radius 2 is 1.04 bits per heavy atom. The van der Waals surface area contributed by atoms with E-state index in [1.165, 1.54) is 37.8 Å². The standard InChI is InChI=1S/C47H32N4/c1-2-12-33(13-3-1)45-48-46(34-24-21-32(22-25-34)38-26-23-31-11-4-5-14-35(31)27-38)50-47(49-45)39-17-10-18-40(28-39)51-43-20-9-8-19-41(43)42-29-36-15-6-7-16-37(36)30-44(42)51/h1-30,36-37H. The fraction of sp³-hybridized carbons (Fsp3) is 0.0426. The van der Waals surface area contributed by atoms with Gasteiger partial charge in [0.2, 0.25) is 0 Å². The van der Waals surface area contributed by atoms with Crippen molar-refractivity contribution >= 4 is 33.8 Å². The van der Waals surface area contributed by atoms with E-state index in [0.717, 1.165) is 27.9 Å². The van der Waals surface area contributed by atoms with Crippen LogP contribution in [0.15, 0.2) is 170 Å². The predicted molar refractivity (Wildman–Crippen MR) is 209 cm³/mol. The Balaban J connectivity index is 1.09. The Hall–Kier alpha value is -6.65. The van der Waals surface area contributed by atoms with Gasteiger partial charge in [-0.1, -0.05) is 158 Å². The zero-order chi connectivity index (χ0) is 33.7. The summed E-state index contributed by atoms with van der Waals surface area (Å²) in [6.07, 6.45) is 13.8. The maximum Gasteiger partial charge on any atom is 0.164 e. The van der Waals surface area contributed by atoms with E-state index in [0.29, 0.717) is 29.3 Å². The highest BCUT2D eigenvalue weighted by molar-refractivity contribution is 5.88. The van der Waals surface area contributed by atoms with E-state index in [1.807, 2.05) is 18.2 Å². The molecule has 4 heteroatoms. The number of aromatic nitrogens is 4. The minimum atomic E-state index is 0.334. The highest BCUT2D eigenvalue weighted by Gasteiger charge is 2.21. The van der Waals surface area contributed by atoms with E-state index >= 15 is 0 Å². The number of nitrogens with zero attached hydrogens (tertiary/aromatic N) is 4. The number of hydrogen-bond donors (Lipinski definition) is 0. The fourth-order valence-electron chi connectivity index (χ4n) is 7.57. The van der Waals surface area contributed by atoms with Crippen molar-refractivity contribution < 1.29 is 0 Å². The molecule has 0 N–H and O–H groups in total. The van der Waals surface area contributed by atoms with Crippen molar-refractivity contribution in [1.82, 2.24) is 19.5 Å². The zero-order valence-corrected chi connectivity index (χ0v) is 27.8. The average Bonchev–Trinajstić information content (AvgIpc) is 3.53. The Morgan fingerprint density at radius 3 is 1.84 bits per heavy atom. The van der Waals surface area contributed by atoms with Gasteiger partial charge in [0.25, 0.3) is 0 Å². The van der Waals surface area contributed by atoms with Crippen molar-refractivity contribution in [1.29, 1.82) is 0 Å². The molecule has 0 saturated carbocycles. The highest BCUT2D eigenvalue weighted by atomic mass is 15.0. The second-order valence-electron chi connectivity index (χ2n) is 13.3. The van der Waals surface area contributed by atoms with Gasteiger partial charge in [0, 0.05) is 44.8 Å². The first-order chi connectivity index (χ1) is 25.2. The van der Waals surface area contributed by atoms with Crippen LogP contribution in [0.5, 0.6) is 0 Å². The quantitative estimate of drug-likeness (QED) is 0.186. The first kappa shape index (κ1) is 29.3. The minimum Gasteiger partial charge on any atom is -0.310 e. The van der Waals surface area contributed by atoms with Gasteiger partial charge in [0.15, 0.2) is 17.5 Å². The van der Waals surface area contributed by atoms with E-state index in [4.69, 9.17) is 15.0 Å². The molecule has 0 amide bonds. The predicted octanol–water partition coefficient (Wildman–Crippen LogP) is 9.57. The third-order valence-corrected chi connectivity index (χ3v) is 10.1. The molecule has 2 atom stereocenters. The molecule has 4 nitrogen and oxygen atoms in total. The number of para-hydroxylation sites is 1. The smallest absolute Gasteiger partial charge is 0.164 e. The van der Waals surface area contributed by atoms with Gasteiger partial charge in [-0.05, 0) is 46.2 Å². The summed E-state index contributed by atoms with van der Waals surface area (Å²) < 4.78 is 2.39. The van der Waals surface area contributed by atoms with Gasteiger partial charge in [-0.3, -0.25) is 0 Å². The van der Waals surface area contributed by atoms with Crippen LogP contribution < -0.4 is 10.6 Å². The van der Waals surface area contributed by atoms with Crippen molar-refractivity contribution in [2.75, 3.05) is 0 Å². The van der Waals surface area contributed by atoms with Crippen LogP contribution in [0.4, 0.5) is 0 Å². The molecule has 0 fully saturated rings. The molecule has 0 aliphatic heterocycles. The Morgan fingerprint density at radius 1 is 0.431 bits per heavy atom. The molecular formula is C47H32N4. The van der Waals surface area contributed by atoms with E-state index in [2.05, 4.69) is 168 Å². The molecule has 2 aliphatic carbocycles. The maximum absolute atomic E-state index is 5.11. The summed E-state index contributed by atoms with van der Waals surface area (Å²) in [4.78, 5) is 15.2. The van der Waals surface area contributed by atoms with Crippen molar-refractivity contribution in [3.63, 3.8) is 0 Å². The first-order valence-electron chi connectivity index (χ1n) is 17.5. The van der Waals surface area contributed by atoms with E-state index in [9.17, 15) is 0 Å². The van der Waals surface area contributed by atoms with Crippen molar-refractivity contribution in [3.8, 4) is 51.0 Å². The third kappa shape index (κ3) is 5.20. The molecular weight excluding hydrogens is 621 g/mol. The van der Waals surface area contributed by atoms with Crippen molar-refractivity contribution in [2.24, 2.45) is 11.8 Å². The van der Waals surface area contributed by atoms with Crippen LogP contribution in [0.25, 0.3) is 84.8 Å². The second kappa shape index (κ2) is 12.0. The van der Waals surface area contributed by atoms with Gasteiger partial charge in [0.05, 0.1) is 10.9 Å². The molecule has 0 bridgehead atoms. The summed E-state index contributed by atoms with van der Waals surface area (Å²) in [6.45, 7) is 0. The van der Waals surface area contributed by atoms with E-state index in [1.54, 1.807) is 0 Å². The van der Waals surface area contributed by atoms with Crippen molar-refractivity contribution in [2.45, 2.75) is 0 Å². The van der Waals surface area contributed by atoms with Gasteiger partial charge in [-0.15, -0.1) is 0 Å². The zero-order valence-electron chi connectivity index (χ0n) is 27.8. The summed E-state index contributed by atoms with van der Waals surface area (Å²) in [7, 11) is 0. The van der Waals surface area contributed by atoms with E-state index < -0.39 is 0 Å². The van der Waals surface area contributed by atoms with E-state index in [-0.39, 0.29) is 0 Å². The Bertz CT molecular complexity index is 2810. The summed E-state index contributed by atoms with van der Waals surface area (Å²) in [5.41, 5.74) is 7.42. The fourth-order valence-corrected chi connectivity index (χ4v) is 7.57. The molecule has 0 spiro atoms. The second-order valence-corrected chi connectivity index (χ2v) is 13.3. The normalized spacial score (nSPS) is 16.0. The Labute approximate surface area is 295 Å². The third-order valence-electron chi connectivity index (χ3n) is 10.1. The van der Waals surface area contributed by atoms with Crippen LogP contribution in [0.1, 0.15) is 0 Å². The van der Waals surface area contributed by atoms with Gasteiger partial charge in [-0.2, -0.15) is 0 Å². The molecule has 8 aromatic rings. The Kier molecular flexibility index (Phi) is 6.91. The molecule has 10 rings (SSSR count). The van der Waals surface area contributed by atoms with Crippen molar-refractivity contribution in [3.05, 3.63) is 180 Å². The monoisotopic (exact) mass is 652 g/mol. The molecule has 240 valence electrons. The highest BCUT2D eigenvalue weighted by Crippen LogP contribution is 2.30. The molecule has 2 aromatic heterocycles. The molecule has 0 saturated heterocycles. The summed E-state index contributed by atoms with van der Waals surface area (Å²) in [5.74, 6) is 2.63. The SMILES string of the molecule is C1=CC2C=c3c(n(-c4cccc(-c5nc(-c6ccccc6)nc(-c6ccc(-c7ccc8ccccc8c7)cc6)n5)c4)c4ccccc34)=CC2C=C1. The molecule has 2 heterocycles. The van der Waals surface area contributed by atoms with Gasteiger partial charge >= 0.3 is 0 Å². The van der Waals surface area contributed by atoms with Crippen LogP contribution in [-0.4, -0.2) is 19.5 Å². The molecule has 0 radical (unpaired) electrons. The molecule has 6 aromatic carbocycles. The van der Waals surface area contributed by atoms with Crippen LogP contribution in [0.3, 0.4) is 0 Å². The lowest BCUT2D eigenvalue weighted by Crippen LogP contribution is -2.35. The molecule has 51 heavy (non-hydrogen) atoms. The first-order valence-corrected chi connectivity index (χ1v) is 17.5. The summed E-state index contributed by atoms with van der Waals surface area (Å²) in [6, 6.07) is 51.1. The number of hydrogen-bond acceptors (Lipinski definition) is 3. The lowest BCUT2D eigenvalue weighted by Gasteiger charge is -2.21. The van der Waals surface area contributed by atoms with Crippen LogP contribution >= 0.6 is 0 Å². The largest absolute Gasteiger partial charge is 0.310 e. The maximum atomic E-state index is 5.11. The summed E-state index contributed by atoms with van der Waals surface area (Å²) >= 11 is 0. The number of fused-ring (bicyclic) bond motifs is 5. The van der Waals surface area contributed by atoms with Crippen LogP contribution in [0.2, 0.25) is 0 Å². The lowest BCUT2D eigenvalue weighted by molar-refractivity contribution is 0.719. The number of rotatable bonds is 5. The molecule has 2 aliphatic rings. The number of benzene rings is 6. The van der Waals surface area contributed by atoms with Crippen LogP contribution in [-0.2, 0) is 0 Å². The van der Waals surface area contributed by atoms with Gasteiger partial charge < -0.3 is 4.57 Å².